The SMILES string of the molecule is C.CCO.COCOC(CCN)c1cc(C)ccc1[N+](=O)[O-].COCOC(CCN1C(=O)c2ccccc2C1=O)c1cc(C)ccc1[N+](=O)[O-].COCOC(CCNC(=O)c1ccccc1OC)c1cc(C)ccc1[N+](=O)[O-].ClCCl.N=N.O.[HH]. The fourth-order valence-corrected chi connectivity index (χ4v) is 7.81. The first-order valence-corrected chi connectivity index (χ1v) is 26.0. The molecule has 0 bridgehead atoms. The van der Waals surface area contributed by atoms with Crippen LogP contribution in [0.5, 0.6) is 5.75 Å². The average molecular weight is 1220 g/mol. The Labute approximate surface area is 499 Å². The number of ether oxygens (including phenoxy) is 7. The van der Waals surface area contributed by atoms with Crippen molar-refractivity contribution in [3.63, 3.8) is 0 Å². The van der Waals surface area contributed by atoms with E-state index in [0.29, 0.717) is 58.5 Å². The number of carbonyl (C=O) groups excluding carboxylic acids is 3. The van der Waals surface area contributed by atoms with E-state index in [1.807, 2.05) is 20.8 Å². The Morgan fingerprint density at radius 1 is 0.655 bits per heavy atom. The lowest BCUT2D eigenvalue weighted by atomic mass is 10.0. The van der Waals surface area contributed by atoms with E-state index in [2.05, 4.69) is 5.32 Å². The number of fused-ring (bicyclic) bond motifs is 1. The minimum absolute atomic E-state index is 0. The van der Waals surface area contributed by atoms with E-state index in [1.54, 1.807) is 91.9 Å². The lowest BCUT2D eigenvalue weighted by Crippen LogP contribution is -2.32. The number of benzene rings is 5. The molecule has 0 fully saturated rings. The first kappa shape index (κ1) is 78.6. The number of aryl methyl sites for hydroxylation is 3. The smallest absolute Gasteiger partial charge is 0.275 e. The summed E-state index contributed by atoms with van der Waals surface area (Å²) in [5.41, 5.74) is 20.7. The van der Waals surface area contributed by atoms with Crippen LogP contribution in [0.2, 0.25) is 0 Å². The van der Waals surface area contributed by atoms with Gasteiger partial charge in [0.2, 0.25) is 0 Å². The quantitative estimate of drug-likeness (QED) is 0.00905. The molecule has 8 N–H and O–H groups in total. The van der Waals surface area contributed by atoms with Gasteiger partial charge in [0.25, 0.3) is 34.8 Å². The fraction of sp³-hybridized carbons (Fsp3) is 0.411. The Morgan fingerprint density at radius 3 is 1.35 bits per heavy atom. The summed E-state index contributed by atoms with van der Waals surface area (Å²) >= 11 is 9.53. The number of aliphatic hydroxyl groups is 1. The number of nitrogens with zero attached hydrogens (tertiary/aromatic N) is 4. The maximum Gasteiger partial charge on any atom is 0.275 e. The number of imide groups is 1. The Bertz CT molecular complexity index is 2770. The molecule has 6 rings (SSSR count). The van der Waals surface area contributed by atoms with Crippen LogP contribution in [0.1, 0.15) is 118 Å². The minimum atomic E-state index is -0.704. The summed E-state index contributed by atoms with van der Waals surface area (Å²) < 4.78 is 36.7. The summed E-state index contributed by atoms with van der Waals surface area (Å²) in [4.78, 5) is 71.1. The molecule has 5 aromatic carbocycles. The summed E-state index contributed by atoms with van der Waals surface area (Å²) in [5.74, 6) is -0.558. The van der Waals surface area contributed by atoms with Crippen molar-refractivity contribution in [3.8, 4) is 5.75 Å². The van der Waals surface area contributed by atoms with Crippen LogP contribution < -0.4 is 15.8 Å². The summed E-state index contributed by atoms with van der Waals surface area (Å²) in [6, 6.07) is 28.1. The third-order valence-electron chi connectivity index (χ3n) is 11.3. The van der Waals surface area contributed by atoms with E-state index in [1.165, 1.54) is 46.6 Å². The van der Waals surface area contributed by atoms with Gasteiger partial charge in [-0.05, 0) is 96.0 Å². The van der Waals surface area contributed by atoms with Crippen LogP contribution in [0.3, 0.4) is 0 Å². The Morgan fingerprint density at radius 2 is 1.00 bits per heavy atom. The standard InChI is InChI=1S/C20H20N2O6.C20H24N2O6.C12H18N2O4.C2H6O.CH2Cl2.CH4.H2N2.H2O.H2/c1-13-7-8-17(22(25)26)16(11-13)18(28-12-27-2)9-10-21-19(23)14-5-3-4-6-15(14)20(21)24;1-14-8-9-17(22(24)25)16(12-14)19(28-13-26-2)10-11-21-20(23)15-6-4-5-7-18(15)27-3;1-9-3-4-11(14(15)16)10(7-9)12(5-6-13)18-8-17-2;1-2-3;2-1-3;;1-2;;/h3-8,11,18H,9-10,12H2,1-2H3;4-9,12,19H,10-11,13H2,1-3H3,(H,21,23);3-4,7,12H,5-6,8,13H2,1-2H3;3H,2H2,1H3;1H2;1H4;1-2H;1H2;1H. The highest BCUT2D eigenvalue weighted by molar-refractivity contribution is 6.40. The van der Waals surface area contributed by atoms with E-state index in [0.717, 1.165) is 21.6 Å². The normalized spacial score (nSPS) is 11.8. The number of nitrogens with two attached hydrogens (primary N) is 1. The molecule has 466 valence electrons. The number of nitrogens with one attached hydrogen (secondary N) is 3. The molecule has 26 nitrogen and oxygen atoms in total. The molecule has 28 heteroatoms. The van der Waals surface area contributed by atoms with Crippen molar-refractivity contribution >= 4 is 58.0 Å². The molecule has 1 aliphatic rings. The van der Waals surface area contributed by atoms with Gasteiger partial charge in [-0.15, -0.1) is 23.2 Å². The van der Waals surface area contributed by atoms with E-state index in [4.69, 9.17) is 78.3 Å². The third-order valence-corrected chi connectivity index (χ3v) is 11.3. The number of aliphatic hydroxyl groups excluding tert-OH is 1. The molecule has 0 radical (unpaired) electrons. The molecule has 3 atom stereocenters. The molecule has 5 aromatic rings. The highest BCUT2D eigenvalue weighted by Gasteiger charge is 2.36. The van der Waals surface area contributed by atoms with Gasteiger partial charge in [0, 0.05) is 60.7 Å². The van der Waals surface area contributed by atoms with Crippen LogP contribution in [0.25, 0.3) is 0 Å². The number of amides is 3. The van der Waals surface area contributed by atoms with Gasteiger partial charge in [-0.2, -0.15) is 0 Å². The average Bonchev–Trinajstić information content (AvgIpc) is 2.71. The topological polar surface area (TPSA) is 386 Å². The second-order valence-electron chi connectivity index (χ2n) is 17.0. The Hall–Kier alpha value is -7.47. The van der Waals surface area contributed by atoms with Gasteiger partial charge in [-0.3, -0.25) is 49.6 Å². The fourth-order valence-electron chi connectivity index (χ4n) is 7.81. The monoisotopic (exact) mass is 1220 g/mol. The maximum atomic E-state index is 12.5. The number of hydrogen-bond acceptors (Lipinski definition) is 20. The van der Waals surface area contributed by atoms with Gasteiger partial charge >= 0.3 is 0 Å². The molecule has 0 spiro atoms. The highest BCUT2D eigenvalue weighted by Crippen LogP contribution is 2.34. The zero-order valence-electron chi connectivity index (χ0n) is 47.4. The number of methoxy groups -OCH3 is 4. The first-order valence-electron chi connectivity index (χ1n) is 24.9. The number of para-hydroxylation sites is 1. The van der Waals surface area contributed by atoms with E-state index >= 15 is 0 Å². The molecule has 1 aliphatic heterocycles. The predicted octanol–water partition coefficient (Wildman–Crippen LogP) is 10.6. The lowest BCUT2D eigenvalue weighted by molar-refractivity contribution is -0.386. The van der Waals surface area contributed by atoms with Crippen molar-refractivity contribution in [2.75, 3.05) is 80.4 Å². The van der Waals surface area contributed by atoms with Gasteiger partial charge in [0.15, 0.2) is 0 Å². The van der Waals surface area contributed by atoms with Crippen molar-refractivity contribution in [2.24, 2.45) is 5.73 Å². The molecule has 84 heavy (non-hydrogen) atoms. The molecule has 0 aliphatic carbocycles. The molecular formula is C56H80Cl2N8O18. The molecule has 0 aromatic heterocycles. The highest BCUT2D eigenvalue weighted by atomic mass is 35.5. The number of rotatable bonds is 25. The number of carbonyl (C=O) groups is 3. The van der Waals surface area contributed by atoms with Gasteiger partial charge in [0.1, 0.15) is 26.1 Å². The zero-order chi connectivity index (χ0) is 61.7. The van der Waals surface area contributed by atoms with Crippen LogP contribution in [-0.4, -0.2) is 128 Å². The van der Waals surface area contributed by atoms with Crippen molar-refractivity contribution in [2.45, 2.75) is 72.7 Å². The van der Waals surface area contributed by atoms with Gasteiger partial charge in [-0.1, -0.05) is 66.6 Å². The second-order valence-corrected chi connectivity index (χ2v) is 17.8. The van der Waals surface area contributed by atoms with Crippen LogP contribution in [0, 0.1) is 62.2 Å². The summed E-state index contributed by atoms with van der Waals surface area (Å²) in [6.07, 6.45) is -0.667. The number of halogens is 2. The van der Waals surface area contributed by atoms with E-state index in [-0.39, 0.29) is 101 Å². The van der Waals surface area contributed by atoms with Crippen LogP contribution >= 0.6 is 23.2 Å². The second kappa shape index (κ2) is 44.1. The number of nitro benzene ring substituents is 3. The molecule has 3 unspecified atom stereocenters. The first-order chi connectivity index (χ1) is 39.3. The maximum absolute atomic E-state index is 12.5. The largest absolute Gasteiger partial charge is 0.496 e. The molecular weight excluding hydrogens is 1140 g/mol. The van der Waals surface area contributed by atoms with Gasteiger partial charge < -0.3 is 54.8 Å². The van der Waals surface area contributed by atoms with Crippen molar-refractivity contribution in [3.05, 3.63) is 184 Å². The van der Waals surface area contributed by atoms with Crippen LogP contribution in [0.4, 0.5) is 17.1 Å². The van der Waals surface area contributed by atoms with E-state index in [9.17, 15) is 44.7 Å². The molecule has 1 heterocycles. The summed E-state index contributed by atoms with van der Waals surface area (Å²) in [6.45, 7) is 8.20. The molecule has 3 amide bonds. The van der Waals surface area contributed by atoms with Crippen LogP contribution in [-0.2, 0) is 28.4 Å². The van der Waals surface area contributed by atoms with Crippen molar-refractivity contribution in [1.82, 2.24) is 10.2 Å². The number of nitro groups is 3. The van der Waals surface area contributed by atoms with Crippen LogP contribution in [0.15, 0.2) is 103 Å². The minimum Gasteiger partial charge on any atom is -0.496 e. The summed E-state index contributed by atoms with van der Waals surface area (Å²) in [7, 11) is 5.93. The summed E-state index contributed by atoms with van der Waals surface area (Å²) in [5, 5.41) is 44.4. The number of alkyl halides is 2. The van der Waals surface area contributed by atoms with Crippen molar-refractivity contribution in [1.29, 1.82) is 11.1 Å². The molecule has 0 saturated heterocycles. The Kier molecular flexibility index (Phi) is 41.3. The van der Waals surface area contributed by atoms with Gasteiger partial charge in [-0.25, -0.2) is 11.1 Å². The molecule has 0 saturated carbocycles. The Balaban J connectivity index is -0.00000112. The third kappa shape index (κ3) is 25.6. The van der Waals surface area contributed by atoms with E-state index < -0.39 is 33.1 Å². The van der Waals surface area contributed by atoms with Crippen molar-refractivity contribution < 1.29 is 74.3 Å². The zero-order valence-corrected chi connectivity index (χ0v) is 48.9. The number of hydrogen-bond donors (Lipinski definition) is 5. The predicted molar refractivity (Wildman–Crippen MR) is 318 cm³/mol. The lowest BCUT2D eigenvalue weighted by Gasteiger charge is -2.21. The van der Waals surface area contributed by atoms with Gasteiger partial charge in [0.05, 0.1) is 78.9 Å².